The predicted octanol–water partition coefficient (Wildman–Crippen LogP) is 10.6. The molecule has 0 spiro atoms. The van der Waals surface area contributed by atoms with E-state index in [9.17, 15) is 25.6 Å². The van der Waals surface area contributed by atoms with Gasteiger partial charge in [0.1, 0.15) is 57.8 Å². The van der Waals surface area contributed by atoms with E-state index in [1.807, 2.05) is 32.3 Å². The summed E-state index contributed by atoms with van der Waals surface area (Å²) in [7, 11) is -7.42. The first-order chi connectivity index (χ1) is 35.3. The van der Waals surface area contributed by atoms with Crippen LogP contribution in [0.3, 0.4) is 0 Å². The Kier molecular flexibility index (Phi) is 15.6. The van der Waals surface area contributed by atoms with E-state index in [0.717, 1.165) is 55.3 Å². The largest absolute Gasteiger partial charge is 0.503 e. The van der Waals surface area contributed by atoms with E-state index in [1.165, 1.54) is 24.3 Å². The number of hydrogen-bond acceptors (Lipinski definition) is 15. The van der Waals surface area contributed by atoms with Gasteiger partial charge in [-0.25, -0.2) is 35.6 Å². The lowest BCUT2D eigenvalue weighted by atomic mass is 10.1. The normalized spacial score (nSPS) is 14.2. The van der Waals surface area contributed by atoms with Gasteiger partial charge in [-0.2, -0.15) is 0 Å². The van der Waals surface area contributed by atoms with E-state index < -0.39 is 31.3 Å². The molecule has 2 aromatic carbocycles. The Bertz CT molecular complexity index is 3660. The quantitative estimate of drug-likeness (QED) is 0.0916. The predicted molar refractivity (Wildman–Crippen MR) is 276 cm³/mol. The fourth-order valence-corrected chi connectivity index (χ4v) is 10.2. The Balaban J connectivity index is 0.000000200. The lowest BCUT2D eigenvalue weighted by Gasteiger charge is -2.25. The molecular weight excluding hydrogens is 993 g/mol. The number of fused-ring (bicyclic) bond motifs is 2. The third kappa shape index (κ3) is 11.9. The molecule has 0 bridgehead atoms. The zero-order valence-electron chi connectivity index (χ0n) is 41.3. The van der Waals surface area contributed by atoms with Crippen LogP contribution in [0.25, 0.3) is 20.9 Å². The van der Waals surface area contributed by atoms with Gasteiger partial charge in [0, 0.05) is 31.3 Å². The molecule has 0 amide bonds. The lowest BCUT2D eigenvalue weighted by molar-refractivity contribution is -0.0309. The number of nitrogens with one attached hydrogen (secondary N) is 2. The first kappa shape index (κ1) is 52.4. The van der Waals surface area contributed by atoms with Crippen LogP contribution in [-0.2, 0) is 43.7 Å². The highest BCUT2D eigenvalue weighted by Gasteiger charge is 2.26. The molecule has 2 aliphatic heterocycles. The summed E-state index contributed by atoms with van der Waals surface area (Å²) in [5.41, 5.74) is 7.41. The van der Waals surface area contributed by atoms with Crippen molar-refractivity contribution in [1.82, 2.24) is 29.5 Å². The Morgan fingerprint density at radius 3 is 1.74 bits per heavy atom. The first-order valence-electron chi connectivity index (χ1n) is 23.5. The topological polar surface area (TPSA) is 210 Å². The smallest absolute Gasteiger partial charge is 0.312 e. The Morgan fingerprint density at radius 1 is 0.689 bits per heavy atom. The Morgan fingerprint density at radius 2 is 1.23 bits per heavy atom. The minimum atomic E-state index is -3.74. The van der Waals surface area contributed by atoms with E-state index in [4.69, 9.17) is 42.3 Å². The minimum Gasteiger partial charge on any atom is -0.503 e. The number of sulfone groups is 2. The molecule has 1 fully saturated rings. The third-order valence-corrected chi connectivity index (χ3v) is 14.0. The fourth-order valence-electron chi connectivity index (χ4n) is 8.55. The summed E-state index contributed by atoms with van der Waals surface area (Å²) in [6.45, 7) is 23.8. The number of pyridine rings is 4. The van der Waals surface area contributed by atoms with Gasteiger partial charge in [0.2, 0.25) is 0 Å². The van der Waals surface area contributed by atoms with Crippen molar-refractivity contribution in [2.75, 3.05) is 43.0 Å². The van der Waals surface area contributed by atoms with Gasteiger partial charge in [0.15, 0.2) is 25.3 Å². The number of hydrogen-bond donors (Lipinski definition) is 2. The number of aliphatic imine (C=N–C) groups is 1. The SMILES string of the molecule is [C-]#[N+]c1nc(Cc2cc(Nc3ccc(F)cc3S(C)(=O)=O)c3c(n2)CC(C)=N3)ccc1OCC.[C-]#[N+]c1nc(Cc2cc(Nc3ccc(F)cc3S(C)(=O)=O)c3nc(C)n(C4CCCCO4)c3n2)ccc1OCC. The highest BCUT2D eigenvalue weighted by atomic mass is 32.2. The Hall–Kier alpha value is -7.92. The second-order valence-electron chi connectivity index (χ2n) is 17.4. The summed E-state index contributed by atoms with van der Waals surface area (Å²) in [4.78, 5) is 34.5. The van der Waals surface area contributed by atoms with Gasteiger partial charge >= 0.3 is 11.6 Å². The maximum Gasteiger partial charge on any atom is 0.312 e. The summed E-state index contributed by atoms with van der Waals surface area (Å²) in [5, 5.41) is 6.30. The third-order valence-electron chi connectivity index (χ3n) is 11.7. The number of benzene rings is 2. The van der Waals surface area contributed by atoms with Crippen LogP contribution < -0.4 is 20.1 Å². The van der Waals surface area contributed by atoms with Gasteiger partial charge in [-0.3, -0.25) is 14.5 Å². The van der Waals surface area contributed by atoms with Crippen molar-refractivity contribution in [3.63, 3.8) is 0 Å². The number of aromatic nitrogens is 6. The molecule has 0 saturated carbocycles. The zero-order chi connectivity index (χ0) is 52.9. The molecule has 5 aromatic heterocycles. The van der Waals surface area contributed by atoms with Crippen LogP contribution in [-0.4, -0.2) is 84.4 Å². The molecule has 0 aliphatic carbocycles. The molecule has 1 saturated heterocycles. The van der Waals surface area contributed by atoms with Crippen molar-refractivity contribution in [3.05, 3.63) is 142 Å². The molecule has 1 unspecified atom stereocenters. The molecule has 22 heteroatoms. The Labute approximate surface area is 427 Å². The highest BCUT2D eigenvalue weighted by Crippen LogP contribution is 2.39. The van der Waals surface area contributed by atoms with Gasteiger partial charge in [-0.15, -0.1) is 9.97 Å². The second-order valence-corrected chi connectivity index (χ2v) is 21.4. The van der Waals surface area contributed by atoms with Crippen LogP contribution in [0.15, 0.2) is 87.6 Å². The molecule has 18 nitrogen and oxygen atoms in total. The molecule has 1 atom stereocenters. The number of aryl methyl sites for hydroxylation is 1. The number of halogens is 2. The number of nitrogens with zero attached hydrogens (tertiary/aromatic N) is 9. The van der Waals surface area contributed by atoms with Crippen molar-refractivity contribution >= 4 is 76.6 Å². The summed E-state index contributed by atoms with van der Waals surface area (Å²) in [5.74, 6) is 0.600. The standard InChI is InChI=1S/C28H29FN6O4S.C24H22FN5O3S/c1-5-38-23-12-10-19(32-27(23)30-3)15-20-16-22(34-21-11-9-18(29)14-24(21)40(4,36)37)26-28(33-20)35(17(2)31-26)25-8-6-7-13-39-25;1-5-33-21-9-7-16(29-24(21)26-3)12-17-13-20(23-19(28-17)10-14(2)27-23)30-18-8-6-15(25)11-22(18)34(4,31)32/h9-12,14,16,25H,5-8,13,15H2,1-2,4H3,(H,33,34);6-9,11,13H,5,10,12H2,1-2,4H3,(H,28,30). The van der Waals surface area contributed by atoms with Crippen molar-refractivity contribution in [2.24, 2.45) is 4.99 Å². The van der Waals surface area contributed by atoms with Crippen LogP contribution in [0.1, 0.15) is 80.6 Å². The number of ether oxygens (including phenoxy) is 3. The van der Waals surface area contributed by atoms with Crippen molar-refractivity contribution in [1.29, 1.82) is 0 Å². The fraction of sp³-hybridized carbons (Fsp3) is 0.308. The van der Waals surface area contributed by atoms with E-state index in [0.29, 0.717) is 101 Å². The molecule has 2 N–H and O–H groups in total. The minimum absolute atomic E-state index is 0.145. The van der Waals surface area contributed by atoms with E-state index in [1.54, 1.807) is 36.4 Å². The van der Waals surface area contributed by atoms with Gasteiger partial charge in [0.05, 0.1) is 75.7 Å². The molecule has 0 radical (unpaired) electrons. The highest BCUT2D eigenvalue weighted by molar-refractivity contribution is 7.91. The number of imidazole rings is 1. The first-order valence-corrected chi connectivity index (χ1v) is 27.2. The summed E-state index contributed by atoms with van der Waals surface area (Å²) in [6.07, 6.45) is 5.84. The molecule has 7 heterocycles. The van der Waals surface area contributed by atoms with E-state index in [2.05, 4.69) is 35.3 Å². The number of anilines is 4. The van der Waals surface area contributed by atoms with Crippen LogP contribution in [0, 0.1) is 31.7 Å². The molecule has 382 valence electrons. The summed E-state index contributed by atoms with van der Waals surface area (Å²) in [6, 6.07) is 17.7. The average Bonchev–Trinajstić information content (AvgIpc) is 3.91. The molecule has 9 rings (SSSR count). The van der Waals surface area contributed by atoms with Crippen molar-refractivity contribution in [3.8, 4) is 11.5 Å². The number of rotatable bonds is 15. The summed E-state index contributed by atoms with van der Waals surface area (Å²) < 4.78 is 96.2. The average molecular weight is 1040 g/mol. The maximum atomic E-state index is 14.0. The molecule has 7 aromatic rings. The van der Waals surface area contributed by atoms with E-state index >= 15 is 0 Å². The lowest BCUT2D eigenvalue weighted by Crippen LogP contribution is -2.19. The van der Waals surface area contributed by atoms with Gasteiger partial charge in [-0.1, -0.05) is 13.1 Å². The molecule has 74 heavy (non-hydrogen) atoms. The van der Waals surface area contributed by atoms with Gasteiger partial charge in [-0.05, 0) is 120 Å². The maximum absolute atomic E-state index is 14.0. The van der Waals surface area contributed by atoms with Gasteiger partial charge < -0.3 is 34.5 Å². The second kappa shape index (κ2) is 22.1. The monoisotopic (exact) mass is 1040 g/mol. The van der Waals surface area contributed by atoms with Crippen molar-refractivity contribution < 1.29 is 39.8 Å². The van der Waals surface area contributed by atoms with Gasteiger partial charge in [0.25, 0.3) is 0 Å². The summed E-state index contributed by atoms with van der Waals surface area (Å²) >= 11 is 0. The van der Waals surface area contributed by atoms with Crippen molar-refractivity contribution in [2.45, 2.75) is 82.2 Å². The zero-order valence-corrected chi connectivity index (χ0v) is 43.0. The molecule has 2 aliphatic rings. The molecular formula is C52H51F2N11O7S2. The van der Waals surface area contributed by atoms with E-state index in [-0.39, 0.29) is 45.5 Å². The van der Waals surface area contributed by atoms with Crippen LogP contribution in [0.2, 0.25) is 0 Å². The van der Waals surface area contributed by atoms with Crippen LogP contribution in [0.4, 0.5) is 48.9 Å². The van der Waals surface area contributed by atoms with Crippen LogP contribution >= 0.6 is 0 Å². The van der Waals surface area contributed by atoms with Crippen LogP contribution in [0.5, 0.6) is 11.5 Å².